The number of amides is 5. The first-order valence-corrected chi connectivity index (χ1v) is 21.1. The van der Waals surface area contributed by atoms with Crippen LogP contribution in [0.5, 0.6) is 5.75 Å². The number of piperazine rings is 1. The number of fused-ring (bicyclic) bond motifs is 3. The zero-order chi connectivity index (χ0) is 42.4. The smallest absolute Gasteiger partial charge is 0.262 e. The molecule has 16 heteroatoms. The fraction of sp³-hybridized carbons (Fsp3) is 0.500. The number of carbonyl (C=O) groups is 5. The Bertz CT molecular complexity index is 2340. The number of hydrogen-bond donors (Lipinski definition) is 1. The number of anilines is 2. The van der Waals surface area contributed by atoms with Crippen LogP contribution < -0.4 is 20.3 Å². The van der Waals surface area contributed by atoms with Gasteiger partial charge in [-0.15, -0.1) is 0 Å². The van der Waals surface area contributed by atoms with Crippen LogP contribution in [0.15, 0.2) is 48.8 Å². The lowest BCUT2D eigenvalue weighted by atomic mass is 9.48. The molecule has 2 bridgehead atoms. The number of carbonyl (C=O) groups excluding carboxylic acids is 5. The van der Waals surface area contributed by atoms with Crippen LogP contribution in [0.3, 0.4) is 0 Å². The Hall–Kier alpha value is -5.59. The Morgan fingerprint density at radius 3 is 2.27 bits per heavy atom. The van der Waals surface area contributed by atoms with Crippen LogP contribution in [0.4, 0.5) is 11.6 Å². The number of imide groups is 2. The van der Waals surface area contributed by atoms with Crippen molar-refractivity contribution in [1.29, 1.82) is 5.26 Å². The molecule has 6 aliphatic rings. The van der Waals surface area contributed by atoms with Gasteiger partial charge < -0.3 is 20.3 Å². The van der Waals surface area contributed by atoms with Crippen molar-refractivity contribution >= 4 is 52.8 Å². The Morgan fingerprint density at radius 2 is 1.63 bits per heavy atom. The van der Waals surface area contributed by atoms with Gasteiger partial charge in [0.15, 0.2) is 0 Å². The van der Waals surface area contributed by atoms with E-state index >= 15 is 0 Å². The molecule has 15 nitrogen and oxygen atoms in total. The average molecular weight is 834 g/mol. The lowest BCUT2D eigenvalue weighted by Crippen LogP contribution is -2.77. The second-order valence-corrected chi connectivity index (χ2v) is 18.8. The van der Waals surface area contributed by atoms with Crippen molar-refractivity contribution in [2.24, 2.45) is 28.4 Å². The van der Waals surface area contributed by atoms with E-state index in [0.717, 1.165) is 62.7 Å². The number of rotatable bonds is 9. The van der Waals surface area contributed by atoms with Gasteiger partial charge in [-0.05, 0) is 61.4 Å². The van der Waals surface area contributed by atoms with E-state index in [4.69, 9.17) is 22.1 Å². The van der Waals surface area contributed by atoms with Gasteiger partial charge in [0.2, 0.25) is 11.9 Å². The molecule has 5 heterocycles. The average Bonchev–Trinajstić information content (AvgIpc) is 3.90. The van der Waals surface area contributed by atoms with Crippen LogP contribution in [0, 0.1) is 34.0 Å². The Balaban J connectivity index is 0.826. The number of ether oxygens (including phenoxy) is 1. The number of aromatic nitrogens is 2. The van der Waals surface area contributed by atoms with Gasteiger partial charge in [0.1, 0.15) is 24.0 Å². The van der Waals surface area contributed by atoms with E-state index in [-0.39, 0.29) is 34.9 Å². The van der Waals surface area contributed by atoms with E-state index in [1.54, 1.807) is 30.3 Å². The monoisotopic (exact) mass is 833 g/mol. The number of halogens is 1. The van der Waals surface area contributed by atoms with E-state index < -0.39 is 52.6 Å². The van der Waals surface area contributed by atoms with Gasteiger partial charge >= 0.3 is 0 Å². The summed E-state index contributed by atoms with van der Waals surface area (Å²) in [6.45, 7) is 12.9. The minimum absolute atomic E-state index is 0.0138. The predicted molar refractivity (Wildman–Crippen MR) is 220 cm³/mol. The van der Waals surface area contributed by atoms with Crippen molar-refractivity contribution in [2.75, 3.05) is 49.1 Å². The molecule has 60 heavy (non-hydrogen) atoms. The number of benzene rings is 2. The molecule has 2 aliphatic carbocycles. The maximum absolute atomic E-state index is 14.4. The first-order chi connectivity index (χ1) is 28.6. The SMILES string of the molecule is CC1(C)C(Oc2ccc(C#N)c(Cl)c2)C(C)(C)C1N1C(=O)CCC(N2C(=O)c3ccc(N4CCN(C[C@H]5C[C@@H]6C[C@H]5CN6c5ncc(C(N)=O)cn5)CC4)cc3C2=O)C1=O. The molecule has 9 rings (SSSR count). The van der Waals surface area contributed by atoms with Gasteiger partial charge in [-0.3, -0.25) is 38.7 Å². The van der Waals surface area contributed by atoms with E-state index in [0.29, 0.717) is 40.7 Å². The van der Waals surface area contributed by atoms with Gasteiger partial charge in [-0.1, -0.05) is 39.3 Å². The maximum atomic E-state index is 14.4. The normalized spacial score (nSPS) is 28.2. The molecule has 1 aromatic heterocycles. The van der Waals surface area contributed by atoms with Crippen LogP contribution >= 0.6 is 11.6 Å². The van der Waals surface area contributed by atoms with Crippen molar-refractivity contribution in [1.82, 2.24) is 24.7 Å². The molecule has 3 aromatic rings. The molecular weight excluding hydrogens is 786 g/mol. The number of nitrogens with two attached hydrogens (primary N) is 1. The highest BCUT2D eigenvalue weighted by Gasteiger charge is 2.68. The summed E-state index contributed by atoms with van der Waals surface area (Å²) in [5, 5.41) is 9.55. The number of likely N-dealkylation sites (tertiary alicyclic amines) is 1. The second-order valence-electron chi connectivity index (χ2n) is 18.4. The van der Waals surface area contributed by atoms with Crippen LogP contribution in [-0.4, -0.2) is 118 Å². The number of nitrogens with zero attached hydrogens (tertiary/aromatic N) is 8. The summed E-state index contributed by atoms with van der Waals surface area (Å²) in [5.41, 5.74) is 5.97. The molecule has 2 aromatic carbocycles. The van der Waals surface area contributed by atoms with Crippen LogP contribution in [0.25, 0.3) is 0 Å². The summed E-state index contributed by atoms with van der Waals surface area (Å²) < 4.78 is 6.40. The molecule has 4 aliphatic heterocycles. The molecular formula is C44H48ClN9O6. The molecule has 2 N–H and O–H groups in total. The summed E-state index contributed by atoms with van der Waals surface area (Å²) in [5.74, 6) is -0.232. The number of nitriles is 1. The summed E-state index contributed by atoms with van der Waals surface area (Å²) in [6, 6.07) is 10.9. The van der Waals surface area contributed by atoms with E-state index in [2.05, 4.69) is 24.7 Å². The molecule has 1 unspecified atom stereocenters. The molecule has 0 radical (unpaired) electrons. The first-order valence-electron chi connectivity index (χ1n) is 20.7. The summed E-state index contributed by atoms with van der Waals surface area (Å²) in [7, 11) is 0. The largest absolute Gasteiger partial charge is 0.489 e. The fourth-order valence-corrected chi connectivity index (χ4v) is 11.8. The van der Waals surface area contributed by atoms with E-state index in [9.17, 15) is 29.2 Å². The highest BCUT2D eigenvalue weighted by Crippen LogP contribution is 2.59. The highest BCUT2D eigenvalue weighted by molar-refractivity contribution is 6.31. The molecule has 2 saturated carbocycles. The van der Waals surface area contributed by atoms with Crippen LogP contribution in [-0.2, 0) is 9.59 Å². The minimum Gasteiger partial charge on any atom is -0.489 e. The molecule has 5 amide bonds. The van der Waals surface area contributed by atoms with Crippen molar-refractivity contribution in [3.05, 3.63) is 76.1 Å². The van der Waals surface area contributed by atoms with Crippen LogP contribution in [0.2, 0.25) is 5.02 Å². The summed E-state index contributed by atoms with van der Waals surface area (Å²) in [4.78, 5) is 85.6. The van der Waals surface area contributed by atoms with Gasteiger partial charge in [0, 0.05) is 86.7 Å². The number of hydrogen-bond acceptors (Lipinski definition) is 12. The second kappa shape index (κ2) is 14.6. The molecule has 4 atom stereocenters. The van der Waals surface area contributed by atoms with Crippen molar-refractivity contribution in [3.8, 4) is 11.8 Å². The third-order valence-electron chi connectivity index (χ3n) is 14.1. The minimum atomic E-state index is -1.11. The van der Waals surface area contributed by atoms with Gasteiger partial charge in [-0.2, -0.15) is 5.26 Å². The number of primary amides is 1. The van der Waals surface area contributed by atoms with Gasteiger partial charge in [0.05, 0.1) is 33.3 Å². The van der Waals surface area contributed by atoms with Gasteiger partial charge in [-0.25, -0.2) is 9.97 Å². The van der Waals surface area contributed by atoms with Crippen LogP contribution in [0.1, 0.15) is 90.0 Å². The summed E-state index contributed by atoms with van der Waals surface area (Å²) in [6.07, 6.45) is 4.81. The zero-order valence-corrected chi connectivity index (χ0v) is 34.9. The van der Waals surface area contributed by atoms with Gasteiger partial charge in [0.25, 0.3) is 23.6 Å². The van der Waals surface area contributed by atoms with Crippen molar-refractivity contribution in [3.63, 3.8) is 0 Å². The van der Waals surface area contributed by atoms with E-state index in [1.807, 2.05) is 39.8 Å². The maximum Gasteiger partial charge on any atom is 0.262 e. The molecule has 5 fully saturated rings. The molecule has 0 spiro atoms. The quantitative estimate of drug-likeness (QED) is 0.305. The zero-order valence-electron chi connectivity index (χ0n) is 34.1. The number of piperidine rings is 2. The third kappa shape index (κ3) is 6.37. The lowest BCUT2D eigenvalue weighted by molar-refractivity contribution is -0.216. The topological polar surface area (TPSA) is 186 Å². The Kier molecular flexibility index (Phi) is 9.66. The Labute approximate surface area is 353 Å². The van der Waals surface area contributed by atoms with Crippen molar-refractivity contribution < 1.29 is 28.7 Å². The Morgan fingerprint density at radius 1 is 0.933 bits per heavy atom. The highest BCUT2D eigenvalue weighted by atomic mass is 35.5. The van der Waals surface area contributed by atoms with Crippen molar-refractivity contribution in [2.45, 2.75) is 77.6 Å². The lowest BCUT2D eigenvalue weighted by Gasteiger charge is -2.65. The third-order valence-corrected chi connectivity index (χ3v) is 14.4. The summed E-state index contributed by atoms with van der Waals surface area (Å²) >= 11 is 6.28. The first kappa shape index (κ1) is 39.8. The fourth-order valence-electron chi connectivity index (χ4n) is 11.5. The van der Waals surface area contributed by atoms with E-state index in [1.165, 1.54) is 17.3 Å². The standard InChI is InChI=1S/C44H48ClN9O6/c1-43(2)40(44(3,4)41(43)60-30-7-5-24(19-46)33(45)18-30)54-35(55)10-9-34(39(54)59)53-37(57)31-8-6-28(17-32(31)38(53)58)51-13-11-50(12-14-51)22-25-15-29-16-26(25)23-52(29)42-48-20-27(21-49-42)36(47)56/h5-8,17-18,20-21,25-26,29,34,40-41H,9-16,22-23H2,1-4H3,(H2,47,56)/t25-,26+,29-,34?,40?,41?/m1/s1. The molecule has 312 valence electrons. The predicted octanol–water partition coefficient (Wildman–Crippen LogP) is 4.13. The molecule has 3 saturated heterocycles.